The maximum Gasteiger partial charge on any atom is 0.0976 e. The van der Waals surface area contributed by atoms with Gasteiger partial charge in [0.15, 0.2) is 0 Å². The van der Waals surface area contributed by atoms with Gasteiger partial charge in [-0.3, -0.25) is 0 Å². The van der Waals surface area contributed by atoms with Gasteiger partial charge >= 0.3 is 0 Å². The van der Waals surface area contributed by atoms with Crippen LogP contribution in [0, 0.1) is 28.6 Å². The number of nitriles is 2. The third-order valence-electron chi connectivity index (χ3n) is 4.36. The highest BCUT2D eigenvalue weighted by atomic mass is 32.2. The average Bonchev–Trinajstić information content (AvgIpc) is 2.68. The fourth-order valence-electron chi connectivity index (χ4n) is 3.23. The van der Waals surface area contributed by atoms with Gasteiger partial charge in [0.05, 0.1) is 29.7 Å². The van der Waals surface area contributed by atoms with E-state index in [2.05, 4.69) is 12.1 Å². The first-order valence-corrected chi connectivity index (χ1v) is 9.14. The normalized spacial score (nSPS) is 20.2. The van der Waals surface area contributed by atoms with Crippen molar-refractivity contribution in [1.82, 2.24) is 0 Å². The van der Waals surface area contributed by atoms with Crippen LogP contribution >= 0.6 is 11.8 Å². The van der Waals surface area contributed by atoms with Crippen LogP contribution in [-0.4, -0.2) is 12.3 Å². The highest BCUT2D eigenvalue weighted by Crippen LogP contribution is 2.47. The van der Waals surface area contributed by atoms with Gasteiger partial charge in [0, 0.05) is 10.5 Å². The summed E-state index contributed by atoms with van der Waals surface area (Å²) in [5.41, 5.74) is 10.6. The molecule has 2 aromatic rings. The lowest BCUT2D eigenvalue weighted by Crippen LogP contribution is -2.35. The van der Waals surface area contributed by atoms with E-state index in [9.17, 15) is 10.5 Å². The van der Waals surface area contributed by atoms with Crippen LogP contribution in [-0.2, 0) is 0 Å². The minimum atomic E-state index is -0.625. The Bertz CT molecular complexity index is 915. The van der Waals surface area contributed by atoms with Gasteiger partial charge < -0.3 is 5.73 Å². The third-order valence-corrected chi connectivity index (χ3v) is 5.19. The summed E-state index contributed by atoms with van der Waals surface area (Å²) in [6, 6.07) is 23.7. The van der Waals surface area contributed by atoms with E-state index in [0.29, 0.717) is 5.57 Å². The number of thioether (sulfide) groups is 1. The zero-order chi connectivity index (χ0) is 17.8. The minimum Gasteiger partial charge on any atom is -0.322 e. The molecule has 0 saturated carbocycles. The molecule has 0 aliphatic heterocycles. The molecule has 0 saturated heterocycles. The minimum absolute atomic E-state index is 0.484. The van der Waals surface area contributed by atoms with Crippen LogP contribution < -0.4 is 5.73 Å². The highest BCUT2D eigenvalue weighted by Gasteiger charge is 2.36. The van der Waals surface area contributed by atoms with Gasteiger partial charge in [-0.15, -0.1) is 11.8 Å². The van der Waals surface area contributed by atoms with Gasteiger partial charge in [-0.1, -0.05) is 60.7 Å². The quantitative estimate of drug-likeness (QED) is 0.905. The van der Waals surface area contributed by atoms with Gasteiger partial charge in [-0.25, -0.2) is 0 Å². The van der Waals surface area contributed by atoms with E-state index in [-0.39, 0.29) is 0 Å². The molecule has 2 unspecified atom stereocenters. The number of nitrogens with two attached hydrogens (primary N) is 1. The maximum atomic E-state index is 9.83. The topological polar surface area (TPSA) is 73.6 Å². The second-order valence-corrected chi connectivity index (χ2v) is 6.53. The molecule has 1 aliphatic carbocycles. The second kappa shape index (κ2) is 7.40. The SMILES string of the molecule is CSC1=C(C#N)C(N)C(C#N)C(c2ccccc2)=C1c1ccccc1. The van der Waals surface area contributed by atoms with Crippen molar-refractivity contribution in [2.24, 2.45) is 11.7 Å². The lowest BCUT2D eigenvalue weighted by atomic mass is 9.75. The first kappa shape index (κ1) is 17.0. The van der Waals surface area contributed by atoms with Crippen molar-refractivity contribution in [3.63, 3.8) is 0 Å². The molecular weight excluding hydrogens is 326 g/mol. The lowest BCUT2D eigenvalue weighted by molar-refractivity contribution is 0.692. The monoisotopic (exact) mass is 343 g/mol. The Morgan fingerprint density at radius 2 is 1.48 bits per heavy atom. The molecule has 2 aromatic carbocycles. The average molecular weight is 343 g/mol. The maximum absolute atomic E-state index is 9.83. The van der Waals surface area contributed by atoms with Crippen LogP contribution in [0.1, 0.15) is 11.1 Å². The van der Waals surface area contributed by atoms with Crippen molar-refractivity contribution in [1.29, 1.82) is 10.5 Å². The molecule has 4 heteroatoms. The molecule has 25 heavy (non-hydrogen) atoms. The van der Waals surface area contributed by atoms with Crippen LogP contribution in [0.5, 0.6) is 0 Å². The van der Waals surface area contributed by atoms with Crippen molar-refractivity contribution in [3.05, 3.63) is 82.3 Å². The molecule has 0 radical (unpaired) electrons. The number of nitrogens with zero attached hydrogens (tertiary/aromatic N) is 2. The molecule has 122 valence electrons. The summed E-state index contributed by atoms with van der Waals surface area (Å²) in [5, 5.41) is 19.5. The number of benzene rings is 2. The Balaban J connectivity index is 2.42. The van der Waals surface area contributed by atoms with Gasteiger partial charge in [0.1, 0.15) is 0 Å². The number of allylic oxidation sites excluding steroid dienone is 1. The summed E-state index contributed by atoms with van der Waals surface area (Å²) in [6.45, 7) is 0. The Kier molecular flexibility index (Phi) is 5.05. The molecule has 0 fully saturated rings. The first-order valence-electron chi connectivity index (χ1n) is 7.91. The molecule has 3 nitrogen and oxygen atoms in total. The van der Waals surface area contributed by atoms with Crippen LogP contribution in [0.4, 0.5) is 0 Å². The molecule has 2 atom stereocenters. The predicted octanol–water partition coefficient (Wildman–Crippen LogP) is 4.22. The van der Waals surface area contributed by atoms with Crippen LogP contribution in [0.25, 0.3) is 11.1 Å². The highest BCUT2D eigenvalue weighted by molar-refractivity contribution is 8.03. The number of hydrogen-bond donors (Lipinski definition) is 1. The van der Waals surface area contributed by atoms with Crippen molar-refractivity contribution >= 4 is 22.9 Å². The summed E-state index contributed by atoms with van der Waals surface area (Å²) in [4.78, 5) is 0.853. The van der Waals surface area contributed by atoms with E-state index in [0.717, 1.165) is 27.2 Å². The molecule has 0 aromatic heterocycles. The molecule has 0 spiro atoms. The smallest absolute Gasteiger partial charge is 0.0976 e. The molecule has 0 amide bonds. The molecule has 3 rings (SSSR count). The summed E-state index contributed by atoms with van der Waals surface area (Å²) in [6.07, 6.45) is 1.94. The Hall–Kier alpha value is -2.79. The Labute approximate surface area is 152 Å². The summed E-state index contributed by atoms with van der Waals surface area (Å²) in [7, 11) is 0. The van der Waals surface area contributed by atoms with Gasteiger partial charge in [0.25, 0.3) is 0 Å². The molecule has 1 aliphatic rings. The summed E-state index contributed by atoms with van der Waals surface area (Å²) >= 11 is 1.51. The van der Waals surface area contributed by atoms with Crippen molar-refractivity contribution < 1.29 is 0 Å². The van der Waals surface area contributed by atoms with Crippen LogP contribution in [0.3, 0.4) is 0 Å². The third kappa shape index (κ3) is 2.98. The van der Waals surface area contributed by atoms with E-state index in [4.69, 9.17) is 5.73 Å². The first-order chi connectivity index (χ1) is 12.2. The van der Waals surface area contributed by atoms with Crippen LogP contribution in [0.15, 0.2) is 71.1 Å². The van der Waals surface area contributed by atoms with Gasteiger partial charge in [-0.2, -0.15) is 10.5 Å². The molecule has 0 heterocycles. The predicted molar refractivity (Wildman–Crippen MR) is 103 cm³/mol. The fourth-order valence-corrected chi connectivity index (χ4v) is 4.06. The van der Waals surface area contributed by atoms with E-state index in [1.807, 2.05) is 66.9 Å². The van der Waals surface area contributed by atoms with Crippen molar-refractivity contribution in [2.75, 3.05) is 6.26 Å². The van der Waals surface area contributed by atoms with E-state index < -0.39 is 12.0 Å². The zero-order valence-electron chi connectivity index (χ0n) is 13.8. The van der Waals surface area contributed by atoms with Gasteiger partial charge in [-0.05, 0) is 23.0 Å². The standard InChI is InChI=1S/C21H17N3S/c1-25-21-17(13-23)20(24)16(12-22)18(14-8-4-2-5-9-14)19(21)15-10-6-3-7-11-15/h2-11,16,20H,24H2,1H3. The van der Waals surface area contributed by atoms with Gasteiger partial charge in [0.2, 0.25) is 0 Å². The molecule has 0 bridgehead atoms. The Morgan fingerprint density at radius 3 is 1.96 bits per heavy atom. The number of hydrogen-bond acceptors (Lipinski definition) is 4. The molecular formula is C21H17N3S. The van der Waals surface area contributed by atoms with Crippen LogP contribution in [0.2, 0.25) is 0 Å². The summed E-state index contributed by atoms with van der Waals surface area (Å²) in [5.74, 6) is -0.567. The largest absolute Gasteiger partial charge is 0.322 e. The molecule has 2 N–H and O–H groups in total. The second-order valence-electron chi connectivity index (χ2n) is 5.71. The fraction of sp³-hybridized carbons (Fsp3) is 0.143. The van der Waals surface area contributed by atoms with E-state index in [1.54, 1.807) is 0 Å². The van der Waals surface area contributed by atoms with E-state index >= 15 is 0 Å². The summed E-state index contributed by atoms with van der Waals surface area (Å²) < 4.78 is 0. The van der Waals surface area contributed by atoms with Crippen molar-refractivity contribution in [3.8, 4) is 12.1 Å². The zero-order valence-corrected chi connectivity index (χ0v) is 14.6. The van der Waals surface area contributed by atoms with Crippen molar-refractivity contribution in [2.45, 2.75) is 6.04 Å². The number of rotatable bonds is 3. The van der Waals surface area contributed by atoms with E-state index in [1.165, 1.54) is 11.8 Å². The lowest BCUT2D eigenvalue weighted by Gasteiger charge is -2.31. The Morgan fingerprint density at radius 1 is 0.920 bits per heavy atom.